The second-order valence-electron chi connectivity index (χ2n) is 1.84. The molecule has 0 atom stereocenters. The van der Waals surface area contributed by atoms with Gasteiger partial charge < -0.3 is 0 Å². The zero-order chi connectivity index (χ0) is 8.27. The Bertz CT molecular complexity index is 277. The normalized spacial score (nSPS) is 9.64. The Hall–Kier alpha value is -0.670. The molecule has 0 amide bonds. The van der Waals surface area contributed by atoms with Crippen LogP contribution < -0.4 is 0 Å². The molecule has 3 nitrogen and oxygen atoms in total. The van der Waals surface area contributed by atoms with E-state index < -0.39 is 0 Å². The third-order valence-corrected chi connectivity index (χ3v) is 1.96. The van der Waals surface area contributed by atoms with Crippen molar-refractivity contribution in [2.45, 2.75) is 6.54 Å². The summed E-state index contributed by atoms with van der Waals surface area (Å²) in [6.07, 6.45) is 1.48. The van der Waals surface area contributed by atoms with Crippen LogP contribution in [-0.2, 0) is 6.54 Å². The summed E-state index contributed by atoms with van der Waals surface area (Å²) in [5, 5.41) is 3.34. The lowest BCUT2D eigenvalue weighted by atomic mass is 10.3. The maximum atomic E-state index is 9.85. The first kappa shape index (κ1) is 8.43. The van der Waals surface area contributed by atoms with Gasteiger partial charge >= 0.3 is 0 Å². The molecule has 0 bridgehead atoms. The van der Waals surface area contributed by atoms with Gasteiger partial charge in [-0.3, -0.25) is 4.98 Å². The summed E-state index contributed by atoms with van der Waals surface area (Å²) < 4.78 is 0. The van der Waals surface area contributed by atoms with E-state index in [0.29, 0.717) is 15.7 Å². The van der Waals surface area contributed by atoms with Crippen molar-refractivity contribution in [3.63, 3.8) is 0 Å². The second-order valence-corrected chi connectivity index (χ2v) is 2.63. The van der Waals surface area contributed by atoms with E-state index in [9.17, 15) is 4.91 Å². The molecule has 5 heteroatoms. The van der Waals surface area contributed by atoms with Gasteiger partial charge in [-0.2, -0.15) is 4.91 Å². The van der Waals surface area contributed by atoms with Crippen molar-refractivity contribution >= 4 is 23.2 Å². The molecule has 0 aliphatic carbocycles. The highest BCUT2D eigenvalue weighted by atomic mass is 35.5. The molecule has 0 aliphatic rings. The zero-order valence-corrected chi connectivity index (χ0v) is 6.93. The van der Waals surface area contributed by atoms with Crippen LogP contribution in [0.4, 0.5) is 0 Å². The monoisotopic (exact) mass is 190 g/mol. The van der Waals surface area contributed by atoms with E-state index in [1.54, 1.807) is 6.07 Å². The van der Waals surface area contributed by atoms with Gasteiger partial charge in [0.15, 0.2) is 0 Å². The second kappa shape index (κ2) is 3.64. The molecule has 1 heterocycles. The fraction of sp³-hybridized carbons (Fsp3) is 0.167. The first-order valence-electron chi connectivity index (χ1n) is 2.83. The minimum absolute atomic E-state index is 0.0423. The molecule has 0 fully saturated rings. The molecule has 1 aromatic heterocycles. The van der Waals surface area contributed by atoms with Gasteiger partial charge in [0.1, 0.15) is 6.54 Å². The molecule has 0 aliphatic heterocycles. The van der Waals surface area contributed by atoms with Gasteiger partial charge in [-0.1, -0.05) is 28.4 Å². The highest BCUT2D eigenvalue weighted by Gasteiger charge is 2.04. The van der Waals surface area contributed by atoms with Crippen molar-refractivity contribution in [2.24, 2.45) is 5.18 Å². The maximum absolute atomic E-state index is 9.85. The molecule has 0 aromatic carbocycles. The Morgan fingerprint density at radius 2 is 2.27 bits per heavy atom. The Kier molecular flexibility index (Phi) is 2.79. The molecule has 11 heavy (non-hydrogen) atoms. The molecule has 0 spiro atoms. The Labute approximate surface area is 73.3 Å². The number of hydrogen-bond acceptors (Lipinski definition) is 3. The van der Waals surface area contributed by atoms with Crippen molar-refractivity contribution in [3.05, 3.63) is 32.9 Å². The van der Waals surface area contributed by atoms with Crippen LogP contribution in [0.3, 0.4) is 0 Å². The van der Waals surface area contributed by atoms with Crippen molar-refractivity contribution in [3.8, 4) is 0 Å². The molecule has 0 unspecified atom stereocenters. The van der Waals surface area contributed by atoms with Crippen LogP contribution in [0.2, 0.25) is 10.0 Å². The Morgan fingerprint density at radius 1 is 1.55 bits per heavy atom. The molecular formula is C6H4Cl2N2O. The van der Waals surface area contributed by atoms with Crippen LogP contribution >= 0.6 is 23.2 Å². The number of nitroso groups, excluding NO2 is 1. The summed E-state index contributed by atoms with van der Waals surface area (Å²) in [4.78, 5) is 13.7. The van der Waals surface area contributed by atoms with Gasteiger partial charge in [-0.25, -0.2) is 0 Å². The van der Waals surface area contributed by atoms with Crippen LogP contribution in [-0.4, -0.2) is 4.98 Å². The topological polar surface area (TPSA) is 42.3 Å². The number of pyridine rings is 1. The summed E-state index contributed by atoms with van der Waals surface area (Å²) in [6.45, 7) is -0.0423. The van der Waals surface area contributed by atoms with Gasteiger partial charge in [0.05, 0.1) is 15.7 Å². The third-order valence-electron chi connectivity index (χ3n) is 1.13. The average Bonchev–Trinajstić information content (AvgIpc) is 1.99. The summed E-state index contributed by atoms with van der Waals surface area (Å²) in [5.74, 6) is 0. The molecule has 1 rings (SSSR count). The lowest BCUT2D eigenvalue weighted by Gasteiger charge is -1.98. The quantitative estimate of drug-likeness (QED) is 0.674. The SMILES string of the molecule is O=NCc1nccc(Cl)c1Cl. The molecule has 0 saturated carbocycles. The number of hydrogen-bond donors (Lipinski definition) is 0. The Morgan fingerprint density at radius 3 is 2.91 bits per heavy atom. The predicted octanol–water partition coefficient (Wildman–Crippen LogP) is 2.65. The van der Waals surface area contributed by atoms with E-state index in [4.69, 9.17) is 23.2 Å². The molecule has 58 valence electrons. The minimum atomic E-state index is -0.0423. The molecule has 0 saturated heterocycles. The first-order valence-corrected chi connectivity index (χ1v) is 3.59. The van der Waals surface area contributed by atoms with Crippen molar-refractivity contribution in [1.82, 2.24) is 4.98 Å². The average molecular weight is 191 g/mol. The highest BCUT2D eigenvalue weighted by molar-refractivity contribution is 6.42. The summed E-state index contributed by atoms with van der Waals surface area (Å²) in [5.41, 5.74) is 0.411. The van der Waals surface area contributed by atoms with Crippen molar-refractivity contribution < 1.29 is 0 Å². The summed E-state index contributed by atoms with van der Waals surface area (Å²) in [6, 6.07) is 1.55. The van der Waals surface area contributed by atoms with Crippen LogP contribution in [0, 0.1) is 4.91 Å². The summed E-state index contributed by atoms with van der Waals surface area (Å²) >= 11 is 11.3. The third kappa shape index (κ3) is 1.88. The smallest absolute Gasteiger partial charge is 0.125 e. The van der Waals surface area contributed by atoms with E-state index in [-0.39, 0.29) is 6.54 Å². The van der Waals surface area contributed by atoms with E-state index in [0.717, 1.165) is 0 Å². The summed E-state index contributed by atoms with van der Waals surface area (Å²) in [7, 11) is 0. The molecule has 1 aromatic rings. The predicted molar refractivity (Wildman–Crippen MR) is 43.8 cm³/mol. The number of nitrogens with zero attached hydrogens (tertiary/aromatic N) is 2. The van der Waals surface area contributed by atoms with Crippen LogP contribution in [0.1, 0.15) is 5.69 Å². The molecule has 0 N–H and O–H groups in total. The van der Waals surface area contributed by atoms with Gasteiger partial charge in [-0.15, -0.1) is 0 Å². The lowest BCUT2D eigenvalue weighted by molar-refractivity contribution is 0.981. The van der Waals surface area contributed by atoms with Crippen LogP contribution in [0.25, 0.3) is 0 Å². The van der Waals surface area contributed by atoms with E-state index in [2.05, 4.69) is 10.2 Å². The molecular weight excluding hydrogens is 187 g/mol. The highest BCUT2D eigenvalue weighted by Crippen LogP contribution is 2.23. The largest absolute Gasteiger partial charge is 0.258 e. The first-order chi connectivity index (χ1) is 5.25. The standard InChI is InChI=1S/C6H4Cl2N2O/c7-4-1-2-9-5(3-10-11)6(4)8/h1-2H,3H2. The maximum Gasteiger partial charge on any atom is 0.125 e. The Balaban J connectivity index is 3.05. The van der Waals surface area contributed by atoms with Crippen molar-refractivity contribution in [2.75, 3.05) is 0 Å². The van der Waals surface area contributed by atoms with Gasteiger partial charge in [0.25, 0.3) is 0 Å². The zero-order valence-electron chi connectivity index (χ0n) is 5.42. The fourth-order valence-corrected chi connectivity index (χ4v) is 0.969. The van der Waals surface area contributed by atoms with E-state index in [1.807, 2.05) is 0 Å². The van der Waals surface area contributed by atoms with Crippen LogP contribution in [0.5, 0.6) is 0 Å². The van der Waals surface area contributed by atoms with E-state index >= 15 is 0 Å². The lowest BCUT2D eigenvalue weighted by Crippen LogP contribution is -1.87. The molecule has 0 radical (unpaired) electrons. The van der Waals surface area contributed by atoms with Gasteiger partial charge in [0.2, 0.25) is 0 Å². The van der Waals surface area contributed by atoms with Crippen LogP contribution in [0.15, 0.2) is 17.4 Å². The number of halogens is 2. The number of rotatable bonds is 2. The number of aromatic nitrogens is 1. The minimum Gasteiger partial charge on any atom is -0.258 e. The van der Waals surface area contributed by atoms with Gasteiger partial charge in [0, 0.05) is 6.20 Å². The fourth-order valence-electron chi connectivity index (χ4n) is 0.632. The van der Waals surface area contributed by atoms with Gasteiger partial charge in [-0.05, 0) is 6.07 Å². The van der Waals surface area contributed by atoms with E-state index in [1.165, 1.54) is 6.20 Å². The van der Waals surface area contributed by atoms with Crippen molar-refractivity contribution in [1.29, 1.82) is 0 Å².